The summed E-state index contributed by atoms with van der Waals surface area (Å²) < 4.78 is 10.7. The number of benzene rings is 2. The number of carboxylic acid groups (broad SMARTS) is 1. The van der Waals surface area contributed by atoms with Crippen molar-refractivity contribution in [3.8, 4) is 5.75 Å². The molecule has 3 rings (SSSR count). The molecule has 0 aliphatic rings. The fraction of sp³-hybridized carbons (Fsp3) is 0.0625. The van der Waals surface area contributed by atoms with Crippen LogP contribution < -0.4 is 9.84 Å². The minimum Gasteiger partial charge on any atom is -0.542 e. The molecule has 4 nitrogen and oxygen atoms in total. The second-order valence-corrected chi connectivity index (χ2v) is 4.35. The fourth-order valence-corrected chi connectivity index (χ4v) is 1.98. The Morgan fingerprint density at radius 1 is 1.05 bits per heavy atom. The molecule has 1 aromatic heterocycles. The molecule has 0 radical (unpaired) electrons. The number of carbonyl (C=O) groups is 1. The summed E-state index contributed by atoms with van der Waals surface area (Å²) in [6.07, 6.45) is 0. The monoisotopic (exact) mass is 267 g/mol. The average molecular weight is 267 g/mol. The van der Waals surface area contributed by atoms with Crippen LogP contribution in [0.1, 0.15) is 16.3 Å². The smallest absolute Gasteiger partial charge is 0.149 e. The second kappa shape index (κ2) is 5.09. The number of hydrogen-bond acceptors (Lipinski definition) is 4. The summed E-state index contributed by atoms with van der Waals surface area (Å²) in [4.78, 5) is 10.6. The fourth-order valence-electron chi connectivity index (χ4n) is 1.98. The molecule has 0 N–H and O–H groups in total. The highest BCUT2D eigenvalue weighted by atomic mass is 16.5. The van der Waals surface area contributed by atoms with Gasteiger partial charge in [-0.3, -0.25) is 0 Å². The van der Waals surface area contributed by atoms with Crippen molar-refractivity contribution in [3.05, 3.63) is 66.1 Å². The van der Waals surface area contributed by atoms with Crippen LogP contribution in [0, 0.1) is 0 Å². The van der Waals surface area contributed by atoms with Crippen LogP contribution in [0.15, 0.2) is 59.0 Å². The van der Waals surface area contributed by atoms with Crippen LogP contribution in [0.25, 0.3) is 10.8 Å². The van der Waals surface area contributed by atoms with Gasteiger partial charge in [-0.05, 0) is 35.0 Å². The summed E-state index contributed by atoms with van der Waals surface area (Å²) in [6, 6.07) is 16.7. The predicted molar refractivity (Wildman–Crippen MR) is 71.3 cm³/mol. The minimum absolute atomic E-state index is 0.172. The molecule has 3 aromatic rings. The van der Waals surface area contributed by atoms with Crippen LogP contribution in [-0.2, 0) is 6.61 Å². The van der Waals surface area contributed by atoms with Gasteiger partial charge in [0.2, 0.25) is 0 Å². The van der Waals surface area contributed by atoms with Gasteiger partial charge in [-0.2, -0.15) is 0 Å². The molecule has 0 fully saturated rings. The Morgan fingerprint density at radius 2 is 1.85 bits per heavy atom. The van der Waals surface area contributed by atoms with Gasteiger partial charge in [-0.25, -0.2) is 0 Å². The minimum atomic E-state index is -1.33. The van der Waals surface area contributed by atoms with Gasteiger partial charge < -0.3 is 19.1 Å². The van der Waals surface area contributed by atoms with Crippen molar-refractivity contribution >= 4 is 16.7 Å². The Hall–Kier alpha value is -2.75. The van der Waals surface area contributed by atoms with Gasteiger partial charge >= 0.3 is 0 Å². The summed E-state index contributed by atoms with van der Waals surface area (Å²) in [7, 11) is 0. The third-order valence-corrected chi connectivity index (χ3v) is 2.96. The lowest BCUT2D eigenvalue weighted by atomic mass is 10.1. The molecular formula is C16H11O4-. The molecule has 0 spiro atoms. The third-order valence-electron chi connectivity index (χ3n) is 2.96. The standard InChI is InChI=1S/C16H12O4/c17-16(18)15-8-7-14(20-15)10-19-13-6-5-11-3-1-2-4-12(11)9-13/h1-9H,10H2,(H,17,18)/p-1. The van der Waals surface area contributed by atoms with E-state index in [0.29, 0.717) is 11.5 Å². The van der Waals surface area contributed by atoms with Crippen molar-refractivity contribution in [1.29, 1.82) is 0 Å². The zero-order valence-corrected chi connectivity index (χ0v) is 10.5. The topological polar surface area (TPSA) is 62.5 Å². The number of carboxylic acids is 1. The number of ether oxygens (including phenoxy) is 1. The maximum Gasteiger partial charge on any atom is 0.149 e. The Bertz CT molecular complexity index is 758. The molecule has 0 unspecified atom stereocenters. The second-order valence-electron chi connectivity index (χ2n) is 4.35. The molecule has 0 saturated heterocycles. The summed E-state index contributed by atoms with van der Waals surface area (Å²) in [5.41, 5.74) is 0. The number of hydrogen-bond donors (Lipinski definition) is 0. The maximum atomic E-state index is 10.6. The Labute approximate surface area is 115 Å². The van der Waals surface area contributed by atoms with Crippen molar-refractivity contribution < 1.29 is 19.1 Å². The molecule has 20 heavy (non-hydrogen) atoms. The van der Waals surface area contributed by atoms with Gasteiger partial charge in [0, 0.05) is 0 Å². The maximum absolute atomic E-state index is 10.6. The summed E-state index contributed by atoms with van der Waals surface area (Å²) in [5, 5.41) is 12.8. The molecular weight excluding hydrogens is 256 g/mol. The molecule has 0 aliphatic carbocycles. The summed E-state index contributed by atoms with van der Waals surface area (Å²) in [5.74, 6) is -0.378. The molecule has 0 aliphatic heterocycles. The normalized spacial score (nSPS) is 10.6. The van der Waals surface area contributed by atoms with E-state index in [1.165, 1.54) is 6.07 Å². The van der Waals surface area contributed by atoms with E-state index in [4.69, 9.17) is 9.15 Å². The first kappa shape index (κ1) is 12.3. The highest BCUT2D eigenvalue weighted by Gasteiger charge is 2.04. The molecule has 0 amide bonds. The largest absolute Gasteiger partial charge is 0.542 e. The van der Waals surface area contributed by atoms with Gasteiger partial charge in [-0.15, -0.1) is 0 Å². The van der Waals surface area contributed by atoms with E-state index in [2.05, 4.69) is 0 Å². The quantitative estimate of drug-likeness (QED) is 0.728. The first-order valence-corrected chi connectivity index (χ1v) is 6.14. The van der Waals surface area contributed by atoms with Gasteiger partial charge in [0.1, 0.15) is 29.8 Å². The highest BCUT2D eigenvalue weighted by Crippen LogP contribution is 2.21. The van der Waals surface area contributed by atoms with E-state index < -0.39 is 5.97 Å². The molecule has 2 aromatic carbocycles. The van der Waals surface area contributed by atoms with Crippen LogP contribution >= 0.6 is 0 Å². The molecule has 0 saturated carbocycles. The molecule has 1 heterocycles. The molecule has 4 heteroatoms. The van der Waals surface area contributed by atoms with Crippen molar-refractivity contribution in [2.45, 2.75) is 6.61 Å². The molecule has 100 valence electrons. The predicted octanol–water partition coefficient (Wildman–Crippen LogP) is 2.38. The Balaban J connectivity index is 1.74. The van der Waals surface area contributed by atoms with Crippen molar-refractivity contribution in [1.82, 2.24) is 0 Å². The van der Waals surface area contributed by atoms with Crippen LogP contribution in [0.3, 0.4) is 0 Å². The van der Waals surface area contributed by atoms with E-state index in [1.807, 2.05) is 42.5 Å². The van der Waals surface area contributed by atoms with Gasteiger partial charge in [0.05, 0.1) is 0 Å². The van der Waals surface area contributed by atoms with Crippen molar-refractivity contribution in [2.75, 3.05) is 0 Å². The average Bonchev–Trinajstić information content (AvgIpc) is 2.94. The first-order chi connectivity index (χ1) is 9.72. The van der Waals surface area contributed by atoms with E-state index in [1.54, 1.807) is 6.07 Å². The number of fused-ring (bicyclic) bond motifs is 1. The summed E-state index contributed by atoms with van der Waals surface area (Å²) in [6.45, 7) is 0.172. The summed E-state index contributed by atoms with van der Waals surface area (Å²) >= 11 is 0. The lowest BCUT2D eigenvalue weighted by molar-refractivity contribution is -0.257. The van der Waals surface area contributed by atoms with Gasteiger partial charge in [-0.1, -0.05) is 30.3 Å². The van der Waals surface area contributed by atoms with Gasteiger partial charge in [0.15, 0.2) is 0 Å². The third kappa shape index (κ3) is 2.49. The van der Waals surface area contributed by atoms with Crippen LogP contribution in [0.2, 0.25) is 0 Å². The first-order valence-electron chi connectivity index (χ1n) is 6.14. The SMILES string of the molecule is O=C([O-])c1ccc(COc2ccc3ccccc3c2)o1. The Kier molecular flexibility index (Phi) is 3.13. The lowest BCUT2D eigenvalue weighted by Crippen LogP contribution is -2.21. The van der Waals surface area contributed by atoms with Crippen molar-refractivity contribution in [2.24, 2.45) is 0 Å². The van der Waals surface area contributed by atoms with E-state index >= 15 is 0 Å². The number of furan rings is 1. The number of aromatic carboxylic acids is 1. The van der Waals surface area contributed by atoms with Crippen LogP contribution in [0.5, 0.6) is 5.75 Å². The highest BCUT2D eigenvalue weighted by molar-refractivity contribution is 5.83. The molecule has 0 atom stereocenters. The zero-order chi connectivity index (χ0) is 13.9. The van der Waals surface area contributed by atoms with E-state index in [-0.39, 0.29) is 12.4 Å². The number of carbonyl (C=O) groups excluding carboxylic acids is 1. The number of rotatable bonds is 4. The van der Waals surface area contributed by atoms with E-state index in [9.17, 15) is 9.90 Å². The molecule has 0 bridgehead atoms. The lowest BCUT2D eigenvalue weighted by Gasteiger charge is -2.05. The van der Waals surface area contributed by atoms with E-state index in [0.717, 1.165) is 10.8 Å². The van der Waals surface area contributed by atoms with Crippen LogP contribution in [0.4, 0.5) is 0 Å². The van der Waals surface area contributed by atoms with Crippen molar-refractivity contribution in [3.63, 3.8) is 0 Å². The van der Waals surface area contributed by atoms with Gasteiger partial charge in [0.25, 0.3) is 0 Å². The van der Waals surface area contributed by atoms with Crippen LogP contribution in [-0.4, -0.2) is 5.97 Å². The zero-order valence-electron chi connectivity index (χ0n) is 10.5. The Morgan fingerprint density at radius 3 is 2.60 bits per heavy atom.